The molecule has 0 aromatic heterocycles. The second-order valence-electron chi connectivity index (χ2n) is 10.0. The van der Waals surface area contributed by atoms with E-state index in [1.165, 1.54) is 19.5 Å². The van der Waals surface area contributed by atoms with Gasteiger partial charge in [-0.05, 0) is 93.7 Å². The highest BCUT2D eigenvalue weighted by atomic mass is 35.5. The van der Waals surface area contributed by atoms with Crippen molar-refractivity contribution in [3.05, 3.63) is 47.5 Å². The molecule has 3 rings (SSSR count). The molecule has 43 heavy (non-hydrogen) atoms. The van der Waals surface area contributed by atoms with Crippen LogP contribution in [0.5, 0.6) is 34.5 Å². The molecule has 0 radical (unpaired) electrons. The Kier molecular flexibility index (Phi) is 18.7. The molecule has 0 N–H and O–H groups in total. The number of benzene rings is 2. The van der Waals surface area contributed by atoms with Crippen LogP contribution in [0.15, 0.2) is 36.4 Å². The fourth-order valence-corrected chi connectivity index (χ4v) is 5.17. The Hall–Kier alpha value is -2.78. The molecule has 1 fully saturated rings. The second kappa shape index (κ2) is 21.0. The Morgan fingerprint density at radius 2 is 0.884 bits per heavy atom. The lowest BCUT2D eigenvalue weighted by Crippen LogP contribution is -2.31. The van der Waals surface area contributed by atoms with Crippen LogP contribution in [-0.4, -0.2) is 91.7 Å². The number of unbranched alkanes of at least 4 members (excludes halogenated alkanes) is 2. The molecular weight excluding hydrogens is 591 g/mol. The summed E-state index contributed by atoms with van der Waals surface area (Å²) < 4.78 is 32.7. The van der Waals surface area contributed by atoms with Crippen molar-refractivity contribution in [1.29, 1.82) is 0 Å². The molecule has 242 valence electrons. The maximum Gasteiger partial charge on any atom is 0.203 e. The molecule has 0 bridgehead atoms. The van der Waals surface area contributed by atoms with Crippen LogP contribution in [0, 0.1) is 0 Å². The van der Waals surface area contributed by atoms with Crippen LogP contribution in [0.3, 0.4) is 0 Å². The maximum atomic E-state index is 5.46. The van der Waals surface area contributed by atoms with Gasteiger partial charge in [0.25, 0.3) is 0 Å². The summed E-state index contributed by atoms with van der Waals surface area (Å²) >= 11 is 0. The predicted molar refractivity (Wildman–Crippen MR) is 181 cm³/mol. The zero-order valence-electron chi connectivity index (χ0n) is 26.6. The summed E-state index contributed by atoms with van der Waals surface area (Å²) in [6.45, 7) is 6.88. The Morgan fingerprint density at radius 1 is 0.535 bits per heavy atom. The van der Waals surface area contributed by atoms with Gasteiger partial charge in [0.2, 0.25) is 11.5 Å². The quantitative estimate of drug-likeness (QED) is 0.184. The highest BCUT2D eigenvalue weighted by Crippen LogP contribution is 2.39. The van der Waals surface area contributed by atoms with E-state index in [0.717, 1.165) is 63.0 Å². The lowest BCUT2D eigenvalue weighted by atomic mass is 10.1. The molecule has 2 aromatic carbocycles. The van der Waals surface area contributed by atoms with Gasteiger partial charge in [-0.2, -0.15) is 0 Å². The Morgan fingerprint density at radius 3 is 1.19 bits per heavy atom. The molecule has 0 aliphatic carbocycles. The fourth-order valence-electron chi connectivity index (χ4n) is 5.17. The van der Waals surface area contributed by atoms with Crippen molar-refractivity contribution in [1.82, 2.24) is 9.80 Å². The molecule has 0 saturated carbocycles. The SMILES string of the molecule is COc1cc(/C=C/CCCN2CCCN(CCC/C=C/c3cc(OC)c(OC)c(OC)c3)CC2)cc(OC)c1OC.Cl.Cl. The lowest BCUT2D eigenvalue weighted by Gasteiger charge is -2.21. The van der Waals surface area contributed by atoms with E-state index in [0.29, 0.717) is 34.5 Å². The molecule has 1 aliphatic rings. The van der Waals surface area contributed by atoms with Gasteiger partial charge in [-0.1, -0.05) is 24.3 Å². The van der Waals surface area contributed by atoms with Crippen LogP contribution in [0.25, 0.3) is 12.2 Å². The number of nitrogens with zero attached hydrogens (tertiary/aromatic N) is 2. The minimum atomic E-state index is 0. The molecule has 8 nitrogen and oxygen atoms in total. The molecule has 1 heterocycles. The number of allylic oxidation sites excluding steroid dienone is 2. The molecule has 2 aromatic rings. The van der Waals surface area contributed by atoms with Gasteiger partial charge < -0.3 is 38.2 Å². The van der Waals surface area contributed by atoms with E-state index in [-0.39, 0.29) is 24.8 Å². The van der Waals surface area contributed by atoms with Crippen molar-refractivity contribution in [3.8, 4) is 34.5 Å². The van der Waals surface area contributed by atoms with Gasteiger partial charge in [0, 0.05) is 13.1 Å². The summed E-state index contributed by atoms with van der Waals surface area (Å²) in [4.78, 5) is 5.22. The second-order valence-corrected chi connectivity index (χ2v) is 10.0. The lowest BCUT2D eigenvalue weighted by molar-refractivity contribution is 0.254. The van der Waals surface area contributed by atoms with Crippen LogP contribution in [0.1, 0.15) is 43.2 Å². The van der Waals surface area contributed by atoms with Gasteiger partial charge in [-0.15, -0.1) is 24.8 Å². The topological polar surface area (TPSA) is 61.9 Å². The Bertz CT molecular complexity index is 1010. The van der Waals surface area contributed by atoms with E-state index in [9.17, 15) is 0 Å². The van der Waals surface area contributed by atoms with Crippen LogP contribution < -0.4 is 28.4 Å². The fraction of sp³-hybridized carbons (Fsp3) is 0.515. The van der Waals surface area contributed by atoms with Crippen LogP contribution >= 0.6 is 24.8 Å². The molecule has 10 heteroatoms. The monoisotopic (exact) mass is 640 g/mol. The molecule has 1 saturated heterocycles. The Labute approximate surface area is 270 Å². The van der Waals surface area contributed by atoms with Crippen molar-refractivity contribution >= 4 is 37.0 Å². The highest BCUT2D eigenvalue weighted by Gasteiger charge is 2.15. The van der Waals surface area contributed by atoms with Crippen molar-refractivity contribution in [2.24, 2.45) is 0 Å². The van der Waals surface area contributed by atoms with E-state index >= 15 is 0 Å². The van der Waals surface area contributed by atoms with Crippen LogP contribution in [0.4, 0.5) is 0 Å². The minimum Gasteiger partial charge on any atom is -0.493 e. The zero-order valence-corrected chi connectivity index (χ0v) is 28.2. The number of halogens is 2. The normalized spacial score (nSPS) is 14.1. The minimum absolute atomic E-state index is 0. The molecule has 0 unspecified atom stereocenters. The molecular formula is C33H50Cl2N2O6. The first kappa shape index (κ1) is 38.2. The predicted octanol–water partition coefficient (Wildman–Crippen LogP) is 6.88. The summed E-state index contributed by atoms with van der Waals surface area (Å²) in [5, 5.41) is 0. The summed E-state index contributed by atoms with van der Waals surface area (Å²) in [6.07, 6.45) is 14.3. The third-order valence-electron chi connectivity index (χ3n) is 7.37. The number of methoxy groups -OCH3 is 6. The van der Waals surface area contributed by atoms with Crippen LogP contribution in [-0.2, 0) is 0 Å². The van der Waals surface area contributed by atoms with Gasteiger partial charge in [0.15, 0.2) is 23.0 Å². The summed E-state index contributed by atoms with van der Waals surface area (Å²) in [7, 11) is 9.81. The highest BCUT2D eigenvalue weighted by molar-refractivity contribution is 5.85. The smallest absolute Gasteiger partial charge is 0.203 e. The van der Waals surface area contributed by atoms with Crippen molar-refractivity contribution in [3.63, 3.8) is 0 Å². The van der Waals surface area contributed by atoms with Crippen molar-refractivity contribution in [2.75, 3.05) is 81.9 Å². The van der Waals surface area contributed by atoms with Gasteiger partial charge >= 0.3 is 0 Å². The van der Waals surface area contributed by atoms with E-state index in [2.05, 4.69) is 34.1 Å². The zero-order chi connectivity index (χ0) is 29.5. The van der Waals surface area contributed by atoms with E-state index in [4.69, 9.17) is 28.4 Å². The molecule has 1 aliphatic heterocycles. The number of hydrogen-bond acceptors (Lipinski definition) is 8. The summed E-state index contributed by atoms with van der Waals surface area (Å²) in [5.74, 6) is 3.94. The van der Waals surface area contributed by atoms with E-state index in [1.807, 2.05) is 24.3 Å². The average Bonchev–Trinajstić information content (AvgIpc) is 3.24. The first-order chi connectivity index (χ1) is 20.1. The third-order valence-corrected chi connectivity index (χ3v) is 7.37. The maximum absolute atomic E-state index is 5.46. The largest absolute Gasteiger partial charge is 0.493 e. The molecule has 0 spiro atoms. The van der Waals surface area contributed by atoms with Crippen molar-refractivity contribution < 1.29 is 28.4 Å². The first-order valence-corrected chi connectivity index (χ1v) is 14.4. The van der Waals surface area contributed by atoms with Gasteiger partial charge in [-0.25, -0.2) is 0 Å². The van der Waals surface area contributed by atoms with Gasteiger partial charge in [0.1, 0.15) is 0 Å². The molecule has 0 amide bonds. The third kappa shape index (κ3) is 11.7. The number of rotatable bonds is 16. The van der Waals surface area contributed by atoms with Gasteiger partial charge in [0.05, 0.1) is 42.7 Å². The average molecular weight is 642 g/mol. The first-order valence-electron chi connectivity index (χ1n) is 14.4. The van der Waals surface area contributed by atoms with Crippen LogP contribution in [0.2, 0.25) is 0 Å². The Balaban J connectivity index is 0.00000462. The summed E-state index contributed by atoms with van der Waals surface area (Å²) in [6, 6.07) is 7.91. The van der Waals surface area contributed by atoms with E-state index < -0.39 is 0 Å². The van der Waals surface area contributed by atoms with Gasteiger partial charge in [-0.3, -0.25) is 0 Å². The summed E-state index contributed by atoms with van der Waals surface area (Å²) in [5.41, 5.74) is 2.09. The number of ether oxygens (including phenoxy) is 6. The standard InChI is InChI=1S/C33H48N2O6.2ClH/c1-36-28-22-26(23-29(37-2)32(28)40-5)14-9-7-11-16-34-18-13-19-35(21-20-34)17-12-8-10-15-27-24-30(38-3)33(41-6)31(25-27)39-4;;/h9-10,14-15,22-25H,7-8,11-13,16-21H2,1-6H3;2*1H/b14-9+,15-10+;;. The van der Waals surface area contributed by atoms with E-state index in [1.54, 1.807) is 42.7 Å². The van der Waals surface area contributed by atoms with Crippen molar-refractivity contribution in [2.45, 2.75) is 32.1 Å². The number of hydrogen-bond donors (Lipinski definition) is 0. The molecule has 0 atom stereocenters.